The summed E-state index contributed by atoms with van der Waals surface area (Å²) >= 11 is 0. The predicted octanol–water partition coefficient (Wildman–Crippen LogP) is 3.86. The lowest BCUT2D eigenvalue weighted by Crippen LogP contribution is -2.07. The number of hydrogen-bond acceptors (Lipinski definition) is 1. The predicted molar refractivity (Wildman–Crippen MR) is 82.7 cm³/mol. The smallest absolute Gasteiger partial charge is 0.0465 e. The zero-order valence-corrected chi connectivity index (χ0v) is 11.4. The molecule has 0 atom stereocenters. The zero-order valence-electron chi connectivity index (χ0n) is 11.4. The van der Waals surface area contributed by atoms with Crippen molar-refractivity contribution in [3.8, 4) is 0 Å². The quantitative estimate of drug-likeness (QED) is 0.663. The Morgan fingerprint density at radius 1 is 0.947 bits per heavy atom. The van der Waals surface area contributed by atoms with E-state index in [1.807, 2.05) is 7.05 Å². The number of aryl methyl sites for hydroxylation is 1. The first-order chi connectivity index (χ1) is 9.38. The van der Waals surface area contributed by atoms with Gasteiger partial charge in [0, 0.05) is 21.8 Å². The summed E-state index contributed by atoms with van der Waals surface area (Å²) in [6.07, 6.45) is 3.65. The van der Waals surface area contributed by atoms with E-state index in [-0.39, 0.29) is 0 Å². The molecule has 0 saturated carbocycles. The topological polar surface area (TPSA) is 27.8 Å². The fourth-order valence-electron chi connectivity index (χ4n) is 2.68. The van der Waals surface area contributed by atoms with Gasteiger partial charge in [0.15, 0.2) is 0 Å². The van der Waals surface area contributed by atoms with Crippen LogP contribution in [-0.4, -0.2) is 18.6 Å². The number of fused-ring (bicyclic) bond motifs is 3. The SMILES string of the molecule is CNCCCCc1ccc2[nH]c3ccccc3c2c1. The van der Waals surface area contributed by atoms with E-state index in [0.29, 0.717) is 0 Å². The Morgan fingerprint density at radius 3 is 2.68 bits per heavy atom. The molecule has 0 aliphatic rings. The number of H-pyrrole nitrogens is 1. The monoisotopic (exact) mass is 252 g/mol. The van der Waals surface area contributed by atoms with Crippen LogP contribution in [0.4, 0.5) is 0 Å². The molecule has 0 unspecified atom stereocenters. The van der Waals surface area contributed by atoms with Gasteiger partial charge in [-0.2, -0.15) is 0 Å². The van der Waals surface area contributed by atoms with Crippen LogP contribution in [0.15, 0.2) is 42.5 Å². The number of benzene rings is 2. The van der Waals surface area contributed by atoms with E-state index in [9.17, 15) is 0 Å². The Kier molecular flexibility index (Phi) is 3.51. The second-order valence-corrected chi connectivity index (χ2v) is 5.11. The van der Waals surface area contributed by atoms with Crippen molar-refractivity contribution in [2.24, 2.45) is 0 Å². The molecule has 1 heterocycles. The third kappa shape index (κ3) is 2.49. The second-order valence-electron chi connectivity index (χ2n) is 5.11. The highest BCUT2D eigenvalue weighted by atomic mass is 14.8. The lowest BCUT2D eigenvalue weighted by atomic mass is 10.0. The molecule has 19 heavy (non-hydrogen) atoms. The highest BCUT2D eigenvalue weighted by Crippen LogP contribution is 2.26. The van der Waals surface area contributed by atoms with Crippen molar-refractivity contribution in [1.82, 2.24) is 10.3 Å². The van der Waals surface area contributed by atoms with Crippen LogP contribution in [0.25, 0.3) is 21.8 Å². The first kappa shape index (κ1) is 12.2. The van der Waals surface area contributed by atoms with Crippen molar-refractivity contribution < 1.29 is 0 Å². The first-order valence-electron chi connectivity index (χ1n) is 7.02. The van der Waals surface area contributed by atoms with Crippen LogP contribution < -0.4 is 5.32 Å². The third-order valence-corrected chi connectivity index (χ3v) is 3.71. The number of unbranched alkanes of at least 4 members (excludes halogenated alkanes) is 1. The number of rotatable bonds is 5. The maximum absolute atomic E-state index is 3.47. The van der Waals surface area contributed by atoms with Crippen molar-refractivity contribution in [1.29, 1.82) is 0 Å². The minimum atomic E-state index is 1.11. The van der Waals surface area contributed by atoms with Gasteiger partial charge < -0.3 is 10.3 Å². The van der Waals surface area contributed by atoms with Crippen molar-refractivity contribution >= 4 is 21.8 Å². The van der Waals surface area contributed by atoms with Crippen molar-refractivity contribution in [2.45, 2.75) is 19.3 Å². The van der Waals surface area contributed by atoms with Crippen molar-refractivity contribution in [3.63, 3.8) is 0 Å². The van der Waals surface area contributed by atoms with Gasteiger partial charge in [-0.25, -0.2) is 0 Å². The summed E-state index contributed by atoms with van der Waals surface area (Å²) < 4.78 is 0. The molecule has 2 N–H and O–H groups in total. The Bertz CT molecular complexity index is 682. The van der Waals surface area contributed by atoms with Crippen LogP contribution in [0, 0.1) is 0 Å². The Labute approximate surface area is 113 Å². The summed E-state index contributed by atoms with van der Waals surface area (Å²) in [7, 11) is 2.01. The molecule has 0 bridgehead atoms. The van der Waals surface area contributed by atoms with Gasteiger partial charge in [0.1, 0.15) is 0 Å². The number of aromatic amines is 1. The summed E-state index contributed by atoms with van der Waals surface area (Å²) in [5.41, 5.74) is 3.90. The van der Waals surface area contributed by atoms with Gasteiger partial charge >= 0.3 is 0 Å². The van der Waals surface area contributed by atoms with Gasteiger partial charge in [0.25, 0.3) is 0 Å². The molecule has 0 amide bonds. The van der Waals surface area contributed by atoms with E-state index in [1.54, 1.807) is 0 Å². The number of hydrogen-bond donors (Lipinski definition) is 2. The molecule has 0 spiro atoms. The molecule has 0 radical (unpaired) electrons. The fourth-order valence-corrected chi connectivity index (χ4v) is 2.68. The lowest BCUT2D eigenvalue weighted by Gasteiger charge is -2.02. The highest BCUT2D eigenvalue weighted by Gasteiger charge is 2.04. The maximum atomic E-state index is 3.47. The zero-order chi connectivity index (χ0) is 13.1. The van der Waals surface area contributed by atoms with E-state index in [0.717, 1.165) is 13.0 Å². The molecule has 2 heteroatoms. The summed E-state index contributed by atoms with van der Waals surface area (Å²) in [5, 5.41) is 5.88. The summed E-state index contributed by atoms with van der Waals surface area (Å²) in [4.78, 5) is 3.47. The van der Waals surface area contributed by atoms with E-state index >= 15 is 0 Å². The average molecular weight is 252 g/mol. The molecule has 2 aromatic carbocycles. The standard InChI is InChI=1S/C17H20N2/c1-18-11-5-4-6-13-9-10-17-15(12-13)14-7-2-3-8-16(14)19-17/h2-3,7-10,12,18-19H,4-6,11H2,1H3. The van der Waals surface area contributed by atoms with Crippen molar-refractivity contribution in [3.05, 3.63) is 48.0 Å². The minimum Gasteiger partial charge on any atom is -0.355 e. The van der Waals surface area contributed by atoms with E-state index in [1.165, 1.54) is 40.2 Å². The van der Waals surface area contributed by atoms with Crippen LogP contribution in [0.2, 0.25) is 0 Å². The number of para-hydroxylation sites is 1. The Hall–Kier alpha value is -1.80. The van der Waals surface area contributed by atoms with Crippen LogP contribution in [-0.2, 0) is 6.42 Å². The molecule has 1 aromatic heterocycles. The second kappa shape index (κ2) is 5.45. The molecular formula is C17H20N2. The number of aromatic nitrogens is 1. The molecule has 98 valence electrons. The molecule has 0 saturated heterocycles. The highest BCUT2D eigenvalue weighted by molar-refractivity contribution is 6.07. The Balaban J connectivity index is 1.89. The maximum Gasteiger partial charge on any atom is 0.0465 e. The summed E-state index contributed by atoms with van der Waals surface area (Å²) in [6.45, 7) is 1.11. The summed E-state index contributed by atoms with van der Waals surface area (Å²) in [6, 6.07) is 15.3. The first-order valence-corrected chi connectivity index (χ1v) is 7.02. The van der Waals surface area contributed by atoms with Crippen molar-refractivity contribution in [2.75, 3.05) is 13.6 Å². The largest absolute Gasteiger partial charge is 0.355 e. The minimum absolute atomic E-state index is 1.11. The van der Waals surface area contributed by atoms with Gasteiger partial charge in [-0.15, -0.1) is 0 Å². The van der Waals surface area contributed by atoms with Gasteiger partial charge in [-0.1, -0.05) is 24.3 Å². The third-order valence-electron chi connectivity index (χ3n) is 3.71. The van der Waals surface area contributed by atoms with E-state index in [2.05, 4.69) is 52.8 Å². The lowest BCUT2D eigenvalue weighted by molar-refractivity contribution is 0.677. The summed E-state index contributed by atoms with van der Waals surface area (Å²) in [5.74, 6) is 0. The van der Waals surface area contributed by atoms with Gasteiger partial charge in [-0.05, 0) is 56.6 Å². The van der Waals surface area contributed by atoms with E-state index in [4.69, 9.17) is 0 Å². The van der Waals surface area contributed by atoms with Crippen LogP contribution >= 0.6 is 0 Å². The molecule has 0 fully saturated rings. The molecular weight excluding hydrogens is 232 g/mol. The van der Waals surface area contributed by atoms with E-state index < -0.39 is 0 Å². The molecule has 2 nitrogen and oxygen atoms in total. The molecule has 0 aliphatic heterocycles. The van der Waals surface area contributed by atoms with Gasteiger partial charge in [-0.3, -0.25) is 0 Å². The fraction of sp³-hybridized carbons (Fsp3) is 0.294. The molecule has 3 aromatic rings. The van der Waals surface area contributed by atoms with Crippen LogP contribution in [0.5, 0.6) is 0 Å². The average Bonchev–Trinajstić information content (AvgIpc) is 2.82. The van der Waals surface area contributed by atoms with Crippen LogP contribution in [0.1, 0.15) is 18.4 Å². The Morgan fingerprint density at radius 2 is 1.79 bits per heavy atom. The molecule has 0 aliphatic carbocycles. The van der Waals surface area contributed by atoms with Crippen LogP contribution in [0.3, 0.4) is 0 Å². The van der Waals surface area contributed by atoms with Gasteiger partial charge in [0.2, 0.25) is 0 Å². The number of nitrogens with one attached hydrogen (secondary N) is 2. The van der Waals surface area contributed by atoms with Gasteiger partial charge in [0.05, 0.1) is 0 Å². The normalized spacial score (nSPS) is 11.4. The molecule has 3 rings (SSSR count).